The van der Waals surface area contributed by atoms with Crippen molar-refractivity contribution < 1.29 is 13.7 Å². The Balaban J connectivity index is 1.12. The molecule has 0 unspecified atom stereocenters. The first-order valence-electron chi connectivity index (χ1n) is 13.3. The standard InChI is InChI=1S/C29H35FN4O2/c30-25-11-5-10-24(20-25)26(31-28(35)19-22-8-4-9-22)14-17-34-15-12-23(13-16-34)29-32-27(33-36-29)18-21-6-2-1-3-7-21/h1-3,5-7,10-11,20,22-23,26H,4,8-9,12-19H2,(H,31,35)/t26-/m0/s1. The largest absolute Gasteiger partial charge is 0.349 e. The van der Waals surface area contributed by atoms with E-state index < -0.39 is 0 Å². The van der Waals surface area contributed by atoms with Crippen LogP contribution in [0.3, 0.4) is 0 Å². The summed E-state index contributed by atoms with van der Waals surface area (Å²) < 4.78 is 19.5. The molecule has 1 aromatic heterocycles. The monoisotopic (exact) mass is 490 g/mol. The van der Waals surface area contributed by atoms with Crippen LogP contribution in [0.4, 0.5) is 4.39 Å². The van der Waals surface area contributed by atoms with E-state index in [0.29, 0.717) is 18.8 Å². The van der Waals surface area contributed by atoms with Crippen LogP contribution in [0.15, 0.2) is 59.1 Å². The van der Waals surface area contributed by atoms with Crippen LogP contribution in [-0.2, 0) is 11.2 Å². The van der Waals surface area contributed by atoms with Gasteiger partial charge in [-0.1, -0.05) is 54.0 Å². The quantitative estimate of drug-likeness (QED) is 0.411. The maximum absolute atomic E-state index is 13.9. The van der Waals surface area contributed by atoms with E-state index >= 15 is 0 Å². The number of halogens is 1. The van der Waals surface area contributed by atoms with E-state index in [9.17, 15) is 9.18 Å². The van der Waals surface area contributed by atoms with Gasteiger partial charge in [0.2, 0.25) is 11.8 Å². The van der Waals surface area contributed by atoms with Gasteiger partial charge in [0.05, 0.1) is 6.04 Å². The lowest BCUT2D eigenvalue weighted by atomic mass is 9.83. The summed E-state index contributed by atoms with van der Waals surface area (Å²) in [6.07, 6.45) is 7.44. The molecule has 1 saturated carbocycles. The minimum atomic E-state index is -0.266. The van der Waals surface area contributed by atoms with E-state index in [1.165, 1.54) is 18.1 Å². The van der Waals surface area contributed by atoms with Gasteiger partial charge in [-0.3, -0.25) is 4.79 Å². The lowest BCUT2D eigenvalue weighted by molar-refractivity contribution is -0.123. The second-order valence-corrected chi connectivity index (χ2v) is 10.3. The zero-order chi connectivity index (χ0) is 24.7. The summed E-state index contributed by atoms with van der Waals surface area (Å²) in [7, 11) is 0. The van der Waals surface area contributed by atoms with Gasteiger partial charge in [-0.05, 0) is 74.4 Å². The number of nitrogens with one attached hydrogen (secondary N) is 1. The Hall–Kier alpha value is -3.06. The highest BCUT2D eigenvalue weighted by atomic mass is 19.1. The van der Waals surface area contributed by atoms with Gasteiger partial charge < -0.3 is 14.7 Å². The summed E-state index contributed by atoms with van der Waals surface area (Å²) >= 11 is 0. The van der Waals surface area contributed by atoms with Crippen LogP contribution in [0.2, 0.25) is 0 Å². The van der Waals surface area contributed by atoms with Gasteiger partial charge in [-0.2, -0.15) is 4.98 Å². The van der Waals surface area contributed by atoms with Gasteiger partial charge in [-0.15, -0.1) is 0 Å². The molecule has 1 aliphatic heterocycles. The van der Waals surface area contributed by atoms with Crippen molar-refractivity contribution in [1.82, 2.24) is 20.4 Å². The SMILES string of the molecule is O=C(CC1CCC1)N[C@@H](CCN1CCC(c2nc(Cc3ccccc3)no2)CC1)c1cccc(F)c1. The Morgan fingerprint density at radius 2 is 1.89 bits per heavy atom. The van der Waals surface area contributed by atoms with E-state index in [0.717, 1.165) is 69.0 Å². The van der Waals surface area contributed by atoms with Crippen LogP contribution in [0.5, 0.6) is 0 Å². The molecule has 2 fully saturated rings. The summed E-state index contributed by atoms with van der Waals surface area (Å²) in [5, 5.41) is 7.38. The summed E-state index contributed by atoms with van der Waals surface area (Å²) in [6, 6.07) is 16.6. The Kier molecular flexibility index (Phi) is 8.06. The number of benzene rings is 2. The van der Waals surface area contributed by atoms with E-state index in [1.807, 2.05) is 24.3 Å². The number of likely N-dealkylation sites (tertiary alicyclic amines) is 1. The maximum Gasteiger partial charge on any atom is 0.229 e. The van der Waals surface area contributed by atoms with E-state index in [-0.39, 0.29) is 23.7 Å². The third-order valence-electron chi connectivity index (χ3n) is 7.64. The lowest BCUT2D eigenvalue weighted by Gasteiger charge is -2.32. The van der Waals surface area contributed by atoms with Gasteiger partial charge in [-0.25, -0.2) is 4.39 Å². The minimum Gasteiger partial charge on any atom is -0.349 e. The Morgan fingerprint density at radius 1 is 1.08 bits per heavy atom. The third-order valence-corrected chi connectivity index (χ3v) is 7.64. The third kappa shape index (κ3) is 6.58. The number of carbonyl (C=O) groups excluding carboxylic acids is 1. The number of carbonyl (C=O) groups is 1. The molecule has 0 spiro atoms. The topological polar surface area (TPSA) is 71.3 Å². The molecule has 0 bridgehead atoms. The molecule has 7 heteroatoms. The van der Waals surface area contributed by atoms with Crippen molar-refractivity contribution in [3.63, 3.8) is 0 Å². The summed E-state index contributed by atoms with van der Waals surface area (Å²) in [4.78, 5) is 19.7. The van der Waals surface area contributed by atoms with Crippen molar-refractivity contribution in [2.24, 2.45) is 5.92 Å². The summed E-state index contributed by atoms with van der Waals surface area (Å²) in [6.45, 7) is 2.72. The smallest absolute Gasteiger partial charge is 0.229 e. The number of piperidine rings is 1. The number of nitrogens with zero attached hydrogens (tertiary/aromatic N) is 3. The average Bonchev–Trinajstić information content (AvgIpc) is 3.33. The molecule has 1 saturated heterocycles. The summed E-state index contributed by atoms with van der Waals surface area (Å²) in [5.74, 6) is 2.07. The second kappa shape index (κ2) is 11.8. The van der Waals surface area contributed by atoms with Crippen LogP contribution in [0.25, 0.3) is 0 Å². The van der Waals surface area contributed by atoms with Crippen molar-refractivity contribution in [2.75, 3.05) is 19.6 Å². The molecule has 2 aromatic carbocycles. The van der Waals surface area contributed by atoms with E-state index in [1.54, 1.807) is 12.1 Å². The number of amides is 1. The molecule has 3 aromatic rings. The molecule has 2 aliphatic rings. The zero-order valence-electron chi connectivity index (χ0n) is 20.7. The van der Waals surface area contributed by atoms with Crippen LogP contribution in [0.1, 0.15) is 79.7 Å². The van der Waals surface area contributed by atoms with Crippen molar-refractivity contribution in [3.8, 4) is 0 Å². The van der Waals surface area contributed by atoms with Crippen molar-refractivity contribution in [1.29, 1.82) is 0 Å². The predicted molar refractivity (Wildman–Crippen MR) is 136 cm³/mol. The van der Waals surface area contributed by atoms with Crippen LogP contribution in [-0.4, -0.2) is 40.6 Å². The fourth-order valence-corrected chi connectivity index (χ4v) is 5.26. The molecular weight excluding hydrogens is 455 g/mol. The molecule has 5 rings (SSSR count). The van der Waals surface area contributed by atoms with Gasteiger partial charge in [0.15, 0.2) is 5.82 Å². The number of hydrogen-bond donors (Lipinski definition) is 1. The van der Waals surface area contributed by atoms with Gasteiger partial charge in [0.25, 0.3) is 0 Å². The first kappa shape index (κ1) is 24.6. The highest BCUT2D eigenvalue weighted by Crippen LogP contribution is 2.30. The Labute approximate surface area is 212 Å². The molecule has 1 aliphatic carbocycles. The first-order valence-corrected chi connectivity index (χ1v) is 13.3. The van der Waals surface area contributed by atoms with Crippen molar-refractivity contribution in [3.05, 3.63) is 83.3 Å². The van der Waals surface area contributed by atoms with Crippen LogP contribution >= 0.6 is 0 Å². The minimum absolute atomic E-state index is 0.0790. The highest BCUT2D eigenvalue weighted by Gasteiger charge is 2.27. The van der Waals surface area contributed by atoms with E-state index in [4.69, 9.17) is 4.52 Å². The van der Waals surface area contributed by atoms with Crippen LogP contribution in [0, 0.1) is 11.7 Å². The fraction of sp³-hybridized carbons (Fsp3) is 0.483. The van der Waals surface area contributed by atoms with Gasteiger partial charge >= 0.3 is 0 Å². The van der Waals surface area contributed by atoms with E-state index in [2.05, 4.69) is 32.5 Å². The summed E-state index contributed by atoms with van der Waals surface area (Å²) in [5.41, 5.74) is 2.01. The Morgan fingerprint density at radius 3 is 2.61 bits per heavy atom. The molecule has 1 N–H and O–H groups in total. The van der Waals surface area contributed by atoms with Gasteiger partial charge in [0, 0.05) is 25.3 Å². The van der Waals surface area contributed by atoms with Crippen LogP contribution < -0.4 is 5.32 Å². The molecule has 6 nitrogen and oxygen atoms in total. The lowest BCUT2D eigenvalue weighted by Crippen LogP contribution is -2.37. The first-order chi connectivity index (χ1) is 17.6. The molecule has 1 atom stereocenters. The maximum atomic E-state index is 13.9. The molecule has 36 heavy (non-hydrogen) atoms. The second-order valence-electron chi connectivity index (χ2n) is 10.3. The number of aromatic nitrogens is 2. The molecule has 1 amide bonds. The fourth-order valence-electron chi connectivity index (χ4n) is 5.26. The number of rotatable bonds is 10. The predicted octanol–water partition coefficient (Wildman–Crippen LogP) is 5.42. The normalized spacial score (nSPS) is 18.0. The average molecular weight is 491 g/mol. The van der Waals surface area contributed by atoms with Crippen molar-refractivity contribution in [2.45, 2.75) is 63.3 Å². The number of hydrogen-bond acceptors (Lipinski definition) is 5. The molecule has 2 heterocycles. The Bertz CT molecular complexity index is 1120. The highest BCUT2D eigenvalue weighted by molar-refractivity contribution is 5.76. The van der Waals surface area contributed by atoms with Crippen molar-refractivity contribution >= 4 is 5.91 Å². The molecule has 190 valence electrons. The molecule has 0 radical (unpaired) electrons. The zero-order valence-corrected chi connectivity index (χ0v) is 20.7. The molecular formula is C29H35FN4O2. The van der Waals surface area contributed by atoms with Gasteiger partial charge in [0.1, 0.15) is 5.82 Å².